The minimum atomic E-state index is -0.187. The van der Waals surface area contributed by atoms with Gasteiger partial charge in [-0.25, -0.2) is 0 Å². The van der Waals surface area contributed by atoms with Crippen molar-refractivity contribution in [2.75, 3.05) is 26.2 Å². The lowest BCUT2D eigenvalue weighted by molar-refractivity contribution is 0.125. The fourth-order valence-electron chi connectivity index (χ4n) is 2.46. The van der Waals surface area contributed by atoms with Gasteiger partial charge in [-0.05, 0) is 50.4 Å². The summed E-state index contributed by atoms with van der Waals surface area (Å²) in [5.41, 5.74) is 1.22. The first-order valence-electron chi connectivity index (χ1n) is 6.75. The second-order valence-corrected chi connectivity index (χ2v) is 5.25. The topological polar surface area (TPSA) is 32.7 Å². The van der Waals surface area contributed by atoms with Crippen molar-refractivity contribution in [1.29, 1.82) is 0 Å². The molecular weight excluding hydrogens is 226 g/mol. The zero-order chi connectivity index (χ0) is 13.0. The Morgan fingerprint density at radius 1 is 1.50 bits per heavy atom. The van der Waals surface area contributed by atoms with E-state index in [0.717, 1.165) is 38.4 Å². The summed E-state index contributed by atoms with van der Waals surface area (Å²) in [5, 5.41) is 9.55. The van der Waals surface area contributed by atoms with Crippen LogP contribution in [0.2, 0.25) is 0 Å². The standard InChI is InChI=1S/C15H23NO2/c1-12-4-3-5-15(10-12)18-9-8-16-7-6-14(11-16)13(2)17/h3-5,10,13-14,17H,6-9,11H2,1-2H3. The van der Waals surface area contributed by atoms with Crippen LogP contribution in [0.4, 0.5) is 0 Å². The summed E-state index contributed by atoms with van der Waals surface area (Å²) >= 11 is 0. The van der Waals surface area contributed by atoms with Crippen LogP contribution >= 0.6 is 0 Å². The monoisotopic (exact) mass is 249 g/mol. The van der Waals surface area contributed by atoms with Crippen molar-refractivity contribution in [3.05, 3.63) is 29.8 Å². The maximum Gasteiger partial charge on any atom is 0.119 e. The Morgan fingerprint density at radius 2 is 2.33 bits per heavy atom. The first kappa shape index (κ1) is 13.4. The van der Waals surface area contributed by atoms with Crippen molar-refractivity contribution in [3.63, 3.8) is 0 Å². The smallest absolute Gasteiger partial charge is 0.119 e. The van der Waals surface area contributed by atoms with Gasteiger partial charge in [0.1, 0.15) is 12.4 Å². The van der Waals surface area contributed by atoms with Crippen molar-refractivity contribution < 1.29 is 9.84 Å². The third-order valence-corrected chi connectivity index (χ3v) is 3.66. The number of likely N-dealkylation sites (tertiary alicyclic amines) is 1. The summed E-state index contributed by atoms with van der Waals surface area (Å²) in [5.74, 6) is 1.38. The van der Waals surface area contributed by atoms with Crippen molar-refractivity contribution in [1.82, 2.24) is 4.90 Å². The molecular formula is C15H23NO2. The van der Waals surface area contributed by atoms with Gasteiger partial charge in [-0.3, -0.25) is 4.90 Å². The summed E-state index contributed by atoms with van der Waals surface area (Å²) in [6, 6.07) is 8.14. The first-order chi connectivity index (χ1) is 8.65. The normalized spacial score (nSPS) is 22.1. The molecule has 1 aliphatic heterocycles. The van der Waals surface area contributed by atoms with E-state index >= 15 is 0 Å². The average molecular weight is 249 g/mol. The van der Waals surface area contributed by atoms with Gasteiger partial charge in [-0.2, -0.15) is 0 Å². The summed E-state index contributed by atoms with van der Waals surface area (Å²) in [6.45, 7) is 7.69. The SMILES string of the molecule is Cc1cccc(OCCN2CCC(C(C)O)C2)c1. The van der Waals surface area contributed by atoms with E-state index in [1.807, 2.05) is 19.1 Å². The highest BCUT2D eigenvalue weighted by molar-refractivity contribution is 5.27. The fraction of sp³-hybridized carbons (Fsp3) is 0.600. The largest absolute Gasteiger partial charge is 0.492 e. The van der Waals surface area contributed by atoms with Crippen LogP contribution in [0.5, 0.6) is 5.75 Å². The number of aryl methyl sites for hydroxylation is 1. The highest BCUT2D eigenvalue weighted by Crippen LogP contribution is 2.19. The van der Waals surface area contributed by atoms with E-state index in [-0.39, 0.29) is 6.10 Å². The Balaban J connectivity index is 1.70. The van der Waals surface area contributed by atoms with Crippen LogP contribution in [-0.2, 0) is 0 Å². The highest BCUT2D eigenvalue weighted by Gasteiger charge is 2.25. The second kappa shape index (κ2) is 6.21. The van der Waals surface area contributed by atoms with Gasteiger partial charge >= 0.3 is 0 Å². The zero-order valence-corrected chi connectivity index (χ0v) is 11.3. The minimum Gasteiger partial charge on any atom is -0.492 e. The molecule has 1 aromatic carbocycles. The number of ether oxygens (including phenoxy) is 1. The Morgan fingerprint density at radius 3 is 3.00 bits per heavy atom. The minimum absolute atomic E-state index is 0.187. The molecule has 18 heavy (non-hydrogen) atoms. The van der Waals surface area contributed by atoms with Gasteiger partial charge in [0.15, 0.2) is 0 Å². The lowest BCUT2D eigenvalue weighted by Crippen LogP contribution is -2.28. The first-order valence-corrected chi connectivity index (χ1v) is 6.75. The van der Waals surface area contributed by atoms with Gasteiger partial charge < -0.3 is 9.84 Å². The van der Waals surface area contributed by atoms with E-state index in [1.165, 1.54) is 5.56 Å². The molecule has 0 radical (unpaired) electrons. The summed E-state index contributed by atoms with van der Waals surface area (Å²) < 4.78 is 5.74. The Kier molecular flexibility index (Phi) is 4.61. The predicted molar refractivity (Wildman–Crippen MR) is 72.9 cm³/mol. The number of hydrogen-bond donors (Lipinski definition) is 1. The summed E-state index contributed by atoms with van der Waals surface area (Å²) in [6.07, 6.45) is 0.912. The van der Waals surface area contributed by atoms with Gasteiger partial charge in [-0.1, -0.05) is 12.1 Å². The van der Waals surface area contributed by atoms with Crippen LogP contribution in [0.25, 0.3) is 0 Å². The molecule has 1 fully saturated rings. The van der Waals surface area contributed by atoms with E-state index in [4.69, 9.17) is 4.74 Å². The highest BCUT2D eigenvalue weighted by atomic mass is 16.5. The lowest BCUT2D eigenvalue weighted by atomic mass is 10.0. The molecule has 2 atom stereocenters. The number of aliphatic hydroxyl groups is 1. The lowest BCUT2D eigenvalue weighted by Gasteiger charge is -2.17. The zero-order valence-electron chi connectivity index (χ0n) is 11.3. The molecule has 2 rings (SSSR count). The third kappa shape index (κ3) is 3.72. The summed E-state index contributed by atoms with van der Waals surface area (Å²) in [4.78, 5) is 2.37. The van der Waals surface area contributed by atoms with E-state index < -0.39 is 0 Å². The van der Waals surface area contributed by atoms with Crippen LogP contribution in [0.15, 0.2) is 24.3 Å². The van der Waals surface area contributed by atoms with Crippen LogP contribution in [0.3, 0.4) is 0 Å². The molecule has 0 aromatic heterocycles. The molecule has 0 bridgehead atoms. The molecule has 0 aliphatic carbocycles. The molecule has 100 valence electrons. The molecule has 2 unspecified atom stereocenters. The molecule has 3 nitrogen and oxygen atoms in total. The molecule has 1 N–H and O–H groups in total. The molecule has 0 spiro atoms. The third-order valence-electron chi connectivity index (χ3n) is 3.66. The van der Waals surface area contributed by atoms with Crippen LogP contribution in [-0.4, -0.2) is 42.4 Å². The predicted octanol–water partition coefficient (Wildman–Crippen LogP) is 2.08. The van der Waals surface area contributed by atoms with E-state index in [0.29, 0.717) is 5.92 Å². The maximum atomic E-state index is 9.55. The second-order valence-electron chi connectivity index (χ2n) is 5.25. The van der Waals surface area contributed by atoms with E-state index in [9.17, 15) is 5.11 Å². The number of hydrogen-bond acceptors (Lipinski definition) is 3. The number of benzene rings is 1. The van der Waals surface area contributed by atoms with Gasteiger partial charge in [0.05, 0.1) is 6.10 Å². The molecule has 1 aromatic rings. The molecule has 0 amide bonds. The molecule has 1 aliphatic rings. The van der Waals surface area contributed by atoms with Crippen molar-refractivity contribution in [2.45, 2.75) is 26.4 Å². The fourth-order valence-corrected chi connectivity index (χ4v) is 2.46. The molecule has 3 heteroatoms. The Bertz CT molecular complexity index is 379. The molecule has 0 saturated carbocycles. The van der Waals surface area contributed by atoms with Gasteiger partial charge in [0.25, 0.3) is 0 Å². The van der Waals surface area contributed by atoms with Crippen molar-refractivity contribution in [3.8, 4) is 5.75 Å². The van der Waals surface area contributed by atoms with Gasteiger partial charge in [0.2, 0.25) is 0 Å². The van der Waals surface area contributed by atoms with Crippen molar-refractivity contribution >= 4 is 0 Å². The van der Waals surface area contributed by atoms with Gasteiger partial charge in [0, 0.05) is 13.1 Å². The Hall–Kier alpha value is -1.06. The average Bonchev–Trinajstić information content (AvgIpc) is 2.78. The maximum absolute atomic E-state index is 9.55. The van der Waals surface area contributed by atoms with Crippen LogP contribution in [0, 0.1) is 12.8 Å². The van der Waals surface area contributed by atoms with Gasteiger partial charge in [-0.15, -0.1) is 0 Å². The number of rotatable bonds is 5. The molecule has 1 saturated heterocycles. The Labute approximate surface area is 109 Å². The van der Waals surface area contributed by atoms with Crippen molar-refractivity contribution in [2.24, 2.45) is 5.92 Å². The number of aliphatic hydroxyl groups excluding tert-OH is 1. The van der Waals surface area contributed by atoms with E-state index in [1.54, 1.807) is 0 Å². The number of nitrogens with zero attached hydrogens (tertiary/aromatic N) is 1. The summed E-state index contributed by atoms with van der Waals surface area (Å²) in [7, 11) is 0. The van der Waals surface area contributed by atoms with Crippen LogP contribution in [0.1, 0.15) is 18.9 Å². The molecule has 1 heterocycles. The quantitative estimate of drug-likeness (QED) is 0.867. The van der Waals surface area contributed by atoms with E-state index in [2.05, 4.69) is 24.0 Å². The van der Waals surface area contributed by atoms with Crippen LogP contribution < -0.4 is 4.74 Å².